The van der Waals surface area contributed by atoms with Crippen molar-refractivity contribution in [2.24, 2.45) is 0 Å². The Balaban J connectivity index is 1.62. The van der Waals surface area contributed by atoms with Gasteiger partial charge in [0.05, 0.1) is 10.8 Å². The first-order valence-corrected chi connectivity index (χ1v) is 12.1. The zero-order valence-electron chi connectivity index (χ0n) is 17.4. The maximum atomic E-state index is 12.8. The number of hydrogen-bond acceptors (Lipinski definition) is 5. The van der Waals surface area contributed by atoms with Gasteiger partial charge in [-0.15, -0.1) is 23.1 Å². The molecule has 1 atom stereocenters. The van der Waals surface area contributed by atoms with E-state index >= 15 is 0 Å². The summed E-state index contributed by atoms with van der Waals surface area (Å²) < 4.78 is 0. The first-order valence-electron chi connectivity index (χ1n) is 10.4. The maximum Gasteiger partial charge on any atom is 0.238 e. The Kier molecular flexibility index (Phi) is 7.94. The van der Waals surface area contributed by atoms with Crippen LogP contribution < -0.4 is 10.6 Å². The predicted molar refractivity (Wildman–Crippen MR) is 124 cm³/mol. The van der Waals surface area contributed by atoms with E-state index in [-0.39, 0.29) is 17.1 Å². The van der Waals surface area contributed by atoms with Crippen LogP contribution in [0, 0.1) is 11.3 Å². The van der Waals surface area contributed by atoms with Gasteiger partial charge in [-0.1, -0.05) is 19.4 Å². The van der Waals surface area contributed by atoms with Crippen molar-refractivity contribution in [3.8, 4) is 6.07 Å². The molecule has 1 aromatic carbocycles. The summed E-state index contributed by atoms with van der Waals surface area (Å²) in [6.45, 7) is 3.91. The Hall–Kier alpha value is -2.30. The molecular formula is C23H27N3O2S2. The van der Waals surface area contributed by atoms with Crippen LogP contribution in [0.25, 0.3) is 0 Å². The van der Waals surface area contributed by atoms with Gasteiger partial charge in [0.2, 0.25) is 11.8 Å². The summed E-state index contributed by atoms with van der Waals surface area (Å²) in [5.41, 5.74) is 2.50. The van der Waals surface area contributed by atoms with E-state index in [1.807, 2.05) is 31.2 Å². The van der Waals surface area contributed by atoms with Crippen LogP contribution >= 0.6 is 23.1 Å². The lowest BCUT2D eigenvalue weighted by molar-refractivity contribution is -0.116. The van der Waals surface area contributed by atoms with Crippen molar-refractivity contribution >= 4 is 45.6 Å². The first kappa shape index (κ1) is 22.4. The fourth-order valence-corrected chi connectivity index (χ4v) is 5.62. The van der Waals surface area contributed by atoms with Gasteiger partial charge in [0.1, 0.15) is 11.1 Å². The first-order chi connectivity index (χ1) is 14.5. The minimum atomic E-state index is -0.332. The van der Waals surface area contributed by atoms with E-state index in [9.17, 15) is 14.9 Å². The fourth-order valence-electron chi connectivity index (χ4n) is 3.45. The molecule has 2 amide bonds. The zero-order valence-corrected chi connectivity index (χ0v) is 19.0. The average molecular weight is 442 g/mol. The molecule has 0 aliphatic heterocycles. The van der Waals surface area contributed by atoms with Gasteiger partial charge in [-0.25, -0.2) is 0 Å². The third-order valence-electron chi connectivity index (χ3n) is 5.08. The van der Waals surface area contributed by atoms with E-state index in [0.29, 0.717) is 17.0 Å². The molecule has 1 unspecified atom stereocenters. The lowest BCUT2D eigenvalue weighted by Gasteiger charge is -2.13. The molecule has 0 fully saturated rings. The molecule has 0 saturated heterocycles. The predicted octanol–water partition coefficient (Wildman–Crippen LogP) is 5.75. The summed E-state index contributed by atoms with van der Waals surface area (Å²) in [5.74, 6) is -0.108. The van der Waals surface area contributed by atoms with Crippen LogP contribution in [0.5, 0.6) is 0 Å². The molecule has 2 N–H and O–H groups in total. The molecule has 1 aliphatic carbocycles. The topological polar surface area (TPSA) is 82.0 Å². The Bertz CT molecular complexity index is 962. The number of carbonyl (C=O) groups excluding carboxylic acids is 2. The van der Waals surface area contributed by atoms with E-state index in [4.69, 9.17) is 0 Å². The van der Waals surface area contributed by atoms with Crippen molar-refractivity contribution < 1.29 is 9.59 Å². The van der Waals surface area contributed by atoms with Gasteiger partial charge in [0.15, 0.2) is 0 Å². The van der Waals surface area contributed by atoms with Crippen molar-refractivity contribution in [2.45, 2.75) is 68.9 Å². The number of nitriles is 1. The number of nitrogens with one attached hydrogen (secondary N) is 2. The number of hydrogen-bond donors (Lipinski definition) is 2. The number of thiophene rings is 1. The highest BCUT2D eigenvalue weighted by Crippen LogP contribution is 2.38. The SMILES string of the molecule is CCCCC(=O)Nc1cccc(SC(C)C(=O)Nc2sc3c(c2C#N)CCCC3)c1. The summed E-state index contributed by atoms with van der Waals surface area (Å²) in [4.78, 5) is 26.9. The summed E-state index contributed by atoms with van der Waals surface area (Å²) >= 11 is 2.98. The van der Waals surface area contributed by atoms with Gasteiger partial charge >= 0.3 is 0 Å². The third-order valence-corrected chi connectivity index (χ3v) is 7.38. The quantitative estimate of drug-likeness (QED) is 0.511. The Morgan fingerprint density at radius 1 is 1.27 bits per heavy atom. The van der Waals surface area contributed by atoms with Gasteiger partial charge in [-0.05, 0) is 62.8 Å². The lowest BCUT2D eigenvalue weighted by atomic mass is 9.96. The minimum absolute atomic E-state index is 0.00971. The van der Waals surface area contributed by atoms with Gasteiger partial charge in [0, 0.05) is 21.9 Å². The molecule has 1 heterocycles. The van der Waals surface area contributed by atoms with Crippen molar-refractivity contribution in [1.29, 1.82) is 5.26 Å². The summed E-state index contributed by atoms with van der Waals surface area (Å²) in [6.07, 6.45) is 6.52. The molecule has 30 heavy (non-hydrogen) atoms. The summed E-state index contributed by atoms with van der Waals surface area (Å²) in [7, 11) is 0. The van der Waals surface area contributed by atoms with Crippen LogP contribution in [0.3, 0.4) is 0 Å². The highest BCUT2D eigenvalue weighted by Gasteiger charge is 2.23. The van der Waals surface area contributed by atoms with Crippen LogP contribution in [-0.2, 0) is 22.4 Å². The number of aryl methyl sites for hydroxylation is 1. The second-order valence-corrected chi connectivity index (χ2v) is 9.98. The van der Waals surface area contributed by atoms with Crippen molar-refractivity contribution in [3.05, 3.63) is 40.3 Å². The van der Waals surface area contributed by atoms with Crippen LogP contribution in [-0.4, -0.2) is 17.1 Å². The second kappa shape index (κ2) is 10.6. The highest BCUT2D eigenvalue weighted by atomic mass is 32.2. The Labute approximate surface area is 186 Å². The van der Waals surface area contributed by atoms with Gasteiger partial charge in [-0.2, -0.15) is 5.26 Å². The van der Waals surface area contributed by atoms with E-state index in [1.165, 1.54) is 16.6 Å². The average Bonchev–Trinajstić information content (AvgIpc) is 3.09. The van der Waals surface area contributed by atoms with Crippen LogP contribution in [0.2, 0.25) is 0 Å². The molecule has 0 spiro atoms. The molecule has 2 aromatic rings. The number of thioether (sulfide) groups is 1. The molecule has 158 valence electrons. The molecule has 1 aromatic heterocycles. The molecule has 7 heteroatoms. The number of fused-ring (bicyclic) bond motifs is 1. The van der Waals surface area contributed by atoms with Crippen molar-refractivity contribution in [2.75, 3.05) is 10.6 Å². The molecule has 1 aliphatic rings. The number of unbranched alkanes of at least 4 members (excludes halogenated alkanes) is 1. The van der Waals surface area contributed by atoms with Crippen LogP contribution in [0.15, 0.2) is 29.2 Å². The minimum Gasteiger partial charge on any atom is -0.326 e. The smallest absolute Gasteiger partial charge is 0.238 e. The van der Waals surface area contributed by atoms with E-state index < -0.39 is 0 Å². The highest BCUT2D eigenvalue weighted by molar-refractivity contribution is 8.00. The van der Waals surface area contributed by atoms with Crippen molar-refractivity contribution in [3.63, 3.8) is 0 Å². The molecule has 0 radical (unpaired) electrons. The number of nitrogens with zero attached hydrogens (tertiary/aromatic N) is 1. The third kappa shape index (κ3) is 5.65. The summed E-state index contributed by atoms with van der Waals surface area (Å²) in [6, 6.07) is 9.84. The van der Waals surface area contributed by atoms with Gasteiger partial charge in [0.25, 0.3) is 0 Å². The van der Waals surface area contributed by atoms with Gasteiger partial charge < -0.3 is 10.6 Å². The normalized spacial score (nSPS) is 13.8. The molecule has 5 nitrogen and oxygen atoms in total. The van der Waals surface area contributed by atoms with E-state index in [0.717, 1.165) is 54.7 Å². The standard InChI is InChI=1S/C23H27N3O2S2/c1-3-4-12-21(27)25-16-8-7-9-17(13-16)29-15(2)22(28)26-23-19(14-24)18-10-5-6-11-20(18)30-23/h7-9,13,15H,3-6,10-12H2,1-2H3,(H,25,27)(H,26,28). The Morgan fingerprint density at radius 3 is 2.83 bits per heavy atom. The lowest BCUT2D eigenvalue weighted by Crippen LogP contribution is -2.22. The second-order valence-electron chi connectivity index (χ2n) is 7.46. The molecule has 3 rings (SSSR count). The number of amides is 2. The van der Waals surface area contributed by atoms with Crippen molar-refractivity contribution in [1.82, 2.24) is 0 Å². The summed E-state index contributed by atoms with van der Waals surface area (Å²) in [5, 5.41) is 15.8. The molecule has 0 bridgehead atoms. The number of rotatable bonds is 8. The molecular weight excluding hydrogens is 414 g/mol. The van der Waals surface area contributed by atoms with Gasteiger partial charge in [-0.3, -0.25) is 9.59 Å². The number of benzene rings is 1. The van der Waals surface area contributed by atoms with Crippen LogP contribution in [0.1, 0.15) is 62.0 Å². The monoisotopic (exact) mass is 441 g/mol. The molecule has 0 saturated carbocycles. The zero-order chi connectivity index (χ0) is 21.5. The van der Waals surface area contributed by atoms with E-state index in [2.05, 4.69) is 23.6 Å². The maximum absolute atomic E-state index is 12.8. The number of anilines is 2. The van der Waals surface area contributed by atoms with E-state index in [1.54, 1.807) is 11.3 Å². The largest absolute Gasteiger partial charge is 0.326 e. The fraction of sp³-hybridized carbons (Fsp3) is 0.435. The Morgan fingerprint density at radius 2 is 2.07 bits per heavy atom. The number of carbonyl (C=O) groups is 2. The van der Waals surface area contributed by atoms with Crippen LogP contribution in [0.4, 0.5) is 10.7 Å².